The number of carbonyl (C=O) groups is 2. The summed E-state index contributed by atoms with van der Waals surface area (Å²) < 4.78 is 0. The van der Waals surface area contributed by atoms with Crippen LogP contribution in [0.15, 0.2) is 60.7 Å². The standard InChI is InChI=1S/C23H27N3O2S/c27-21(24-13-16-25-14-7-8-15-25)20-17-29-23(19-11-5-2-6-12-19)26(20)22(28)18-9-3-1-4-10-18/h1-6,9-12,20,23H,7-8,13-17H2,(H,24,27). The molecular formula is C23H27N3O2S. The third kappa shape index (κ3) is 4.65. The lowest BCUT2D eigenvalue weighted by Crippen LogP contribution is -2.49. The number of likely N-dealkylation sites (tertiary alicyclic amines) is 1. The van der Waals surface area contributed by atoms with Crippen LogP contribution in [0.5, 0.6) is 0 Å². The average Bonchev–Trinajstić information content (AvgIpc) is 3.44. The molecule has 2 aromatic rings. The fourth-order valence-electron chi connectivity index (χ4n) is 4.02. The molecule has 0 aliphatic carbocycles. The highest BCUT2D eigenvalue weighted by Crippen LogP contribution is 2.42. The lowest BCUT2D eigenvalue weighted by atomic mass is 10.1. The van der Waals surface area contributed by atoms with Crippen molar-refractivity contribution in [3.05, 3.63) is 71.8 Å². The summed E-state index contributed by atoms with van der Waals surface area (Å²) in [6.07, 6.45) is 2.48. The first kappa shape index (κ1) is 20.0. The van der Waals surface area contributed by atoms with Crippen molar-refractivity contribution in [1.29, 1.82) is 0 Å². The van der Waals surface area contributed by atoms with E-state index in [2.05, 4.69) is 10.2 Å². The van der Waals surface area contributed by atoms with E-state index in [1.807, 2.05) is 60.7 Å². The Kier molecular flexibility index (Phi) is 6.52. The summed E-state index contributed by atoms with van der Waals surface area (Å²) in [5.74, 6) is 0.455. The quantitative estimate of drug-likeness (QED) is 0.796. The minimum atomic E-state index is -0.462. The first-order valence-corrected chi connectivity index (χ1v) is 11.3. The van der Waals surface area contributed by atoms with Crippen molar-refractivity contribution in [2.75, 3.05) is 31.9 Å². The number of rotatable bonds is 6. The van der Waals surface area contributed by atoms with Gasteiger partial charge in [0, 0.05) is 24.4 Å². The minimum absolute atomic E-state index is 0.0561. The topological polar surface area (TPSA) is 52.7 Å². The van der Waals surface area contributed by atoms with Crippen LogP contribution in [-0.4, -0.2) is 59.6 Å². The second kappa shape index (κ2) is 9.46. The van der Waals surface area contributed by atoms with Crippen molar-refractivity contribution in [2.45, 2.75) is 24.3 Å². The summed E-state index contributed by atoms with van der Waals surface area (Å²) in [7, 11) is 0. The van der Waals surface area contributed by atoms with Crippen molar-refractivity contribution in [3.63, 3.8) is 0 Å². The molecule has 6 heteroatoms. The molecule has 2 aliphatic heterocycles. The van der Waals surface area contributed by atoms with E-state index in [9.17, 15) is 9.59 Å². The Morgan fingerprint density at radius 1 is 0.966 bits per heavy atom. The summed E-state index contributed by atoms with van der Waals surface area (Å²) in [5.41, 5.74) is 1.67. The van der Waals surface area contributed by atoms with Gasteiger partial charge in [0.25, 0.3) is 5.91 Å². The molecule has 2 unspecified atom stereocenters. The van der Waals surface area contributed by atoms with Crippen LogP contribution < -0.4 is 5.32 Å². The first-order valence-electron chi connectivity index (χ1n) is 10.3. The van der Waals surface area contributed by atoms with E-state index >= 15 is 0 Å². The molecular weight excluding hydrogens is 382 g/mol. The summed E-state index contributed by atoms with van der Waals surface area (Å²) in [6.45, 7) is 3.73. The monoisotopic (exact) mass is 409 g/mol. The van der Waals surface area contributed by atoms with Crippen LogP contribution in [0.1, 0.15) is 34.1 Å². The van der Waals surface area contributed by atoms with Crippen LogP contribution in [-0.2, 0) is 4.79 Å². The number of nitrogens with one attached hydrogen (secondary N) is 1. The minimum Gasteiger partial charge on any atom is -0.353 e. The maximum absolute atomic E-state index is 13.4. The molecule has 0 radical (unpaired) electrons. The zero-order valence-electron chi connectivity index (χ0n) is 16.5. The van der Waals surface area contributed by atoms with Crippen LogP contribution in [0.2, 0.25) is 0 Å². The zero-order valence-corrected chi connectivity index (χ0v) is 17.3. The molecule has 0 spiro atoms. The second-order valence-electron chi connectivity index (χ2n) is 7.53. The van der Waals surface area contributed by atoms with Gasteiger partial charge in [-0.05, 0) is 43.6 Å². The van der Waals surface area contributed by atoms with Crippen LogP contribution in [0.25, 0.3) is 0 Å². The van der Waals surface area contributed by atoms with Crippen molar-refractivity contribution in [1.82, 2.24) is 15.1 Å². The van der Waals surface area contributed by atoms with E-state index < -0.39 is 6.04 Å². The van der Waals surface area contributed by atoms with Gasteiger partial charge < -0.3 is 15.1 Å². The van der Waals surface area contributed by atoms with E-state index in [0.717, 1.165) is 25.2 Å². The Hall–Kier alpha value is -2.31. The SMILES string of the molecule is O=C(NCCN1CCCC1)C1CSC(c2ccccc2)N1C(=O)c1ccccc1. The van der Waals surface area contributed by atoms with Gasteiger partial charge in [0.05, 0.1) is 0 Å². The van der Waals surface area contributed by atoms with Gasteiger partial charge in [-0.2, -0.15) is 0 Å². The largest absolute Gasteiger partial charge is 0.353 e. The number of thioether (sulfide) groups is 1. The average molecular weight is 410 g/mol. The molecule has 0 aromatic heterocycles. The number of nitrogens with zero attached hydrogens (tertiary/aromatic N) is 2. The predicted octanol–water partition coefficient (Wildman–Crippen LogP) is 3.16. The molecule has 1 N–H and O–H groups in total. The molecule has 2 amide bonds. The highest BCUT2D eigenvalue weighted by atomic mass is 32.2. The Labute approximate surface area is 176 Å². The smallest absolute Gasteiger partial charge is 0.255 e. The molecule has 2 aliphatic rings. The lowest BCUT2D eigenvalue weighted by Gasteiger charge is -2.29. The number of hydrogen-bond donors (Lipinski definition) is 1. The van der Waals surface area contributed by atoms with Crippen LogP contribution in [0.4, 0.5) is 0 Å². The van der Waals surface area contributed by atoms with Crippen molar-refractivity contribution in [2.24, 2.45) is 0 Å². The second-order valence-corrected chi connectivity index (χ2v) is 8.64. The van der Waals surface area contributed by atoms with Gasteiger partial charge in [0.2, 0.25) is 5.91 Å². The van der Waals surface area contributed by atoms with Gasteiger partial charge in [-0.3, -0.25) is 9.59 Å². The fourth-order valence-corrected chi connectivity index (χ4v) is 5.45. The normalized spacial score (nSPS) is 22.0. The van der Waals surface area contributed by atoms with Crippen LogP contribution >= 0.6 is 11.8 Å². The van der Waals surface area contributed by atoms with E-state index in [1.54, 1.807) is 16.7 Å². The molecule has 2 saturated heterocycles. The summed E-state index contributed by atoms with van der Waals surface area (Å²) in [6, 6.07) is 18.8. The van der Waals surface area contributed by atoms with Gasteiger partial charge in [-0.25, -0.2) is 0 Å². The van der Waals surface area contributed by atoms with Crippen LogP contribution in [0.3, 0.4) is 0 Å². The Morgan fingerprint density at radius 3 is 2.31 bits per heavy atom. The van der Waals surface area contributed by atoms with E-state index in [1.165, 1.54) is 12.8 Å². The van der Waals surface area contributed by atoms with Gasteiger partial charge in [-0.15, -0.1) is 11.8 Å². The van der Waals surface area contributed by atoms with Gasteiger partial charge >= 0.3 is 0 Å². The van der Waals surface area contributed by atoms with Crippen LogP contribution in [0, 0.1) is 0 Å². The third-order valence-electron chi connectivity index (χ3n) is 5.57. The number of amides is 2. The Balaban J connectivity index is 1.50. The molecule has 152 valence electrons. The van der Waals surface area contributed by atoms with Gasteiger partial charge in [-0.1, -0.05) is 48.5 Å². The Bertz CT molecular complexity index is 825. The Morgan fingerprint density at radius 2 is 1.62 bits per heavy atom. The molecule has 29 heavy (non-hydrogen) atoms. The molecule has 0 saturated carbocycles. The molecule has 2 heterocycles. The zero-order chi connectivity index (χ0) is 20.1. The van der Waals surface area contributed by atoms with Crippen molar-refractivity contribution in [3.8, 4) is 0 Å². The van der Waals surface area contributed by atoms with Crippen molar-refractivity contribution >= 4 is 23.6 Å². The molecule has 2 fully saturated rings. The maximum Gasteiger partial charge on any atom is 0.255 e. The lowest BCUT2D eigenvalue weighted by molar-refractivity contribution is -0.124. The molecule has 5 nitrogen and oxygen atoms in total. The first-order chi connectivity index (χ1) is 14.2. The van der Waals surface area contributed by atoms with Gasteiger partial charge in [0.15, 0.2) is 0 Å². The third-order valence-corrected chi connectivity index (χ3v) is 6.89. The summed E-state index contributed by atoms with van der Waals surface area (Å²) in [5, 5.41) is 2.92. The van der Waals surface area contributed by atoms with E-state index in [-0.39, 0.29) is 17.2 Å². The number of carbonyl (C=O) groups excluding carboxylic acids is 2. The highest BCUT2D eigenvalue weighted by Gasteiger charge is 2.42. The molecule has 4 rings (SSSR count). The highest BCUT2D eigenvalue weighted by molar-refractivity contribution is 7.99. The molecule has 2 aromatic carbocycles. The van der Waals surface area contributed by atoms with Crippen molar-refractivity contribution < 1.29 is 9.59 Å². The molecule has 0 bridgehead atoms. The number of benzene rings is 2. The van der Waals surface area contributed by atoms with E-state index in [4.69, 9.17) is 0 Å². The van der Waals surface area contributed by atoms with Gasteiger partial charge in [0.1, 0.15) is 11.4 Å². The summed E-state index contributed by atoms with van der Waals surface area (Å²) >= 11 is 1.66. The maximum atomic E-state index is 13.4. The summed E-state index contributed by atoms with van der Waals surface area (Å²) in [4.78, 5) is 30.5. The molecule has 2 atom stereocenters. The number of hydrogen-bond acceptors (Lipinski definition) is 4. The fraction of sp³-hybridized carbons (Fsp3) is 0.391. The van der Waals surface area contributed by atoms with E-state index in [0.29, 0.717) is 17.9 Å². The predicted molar refractivity (Wildman–Crippen MR) is 117 cm³/mol.